The van der Waals surface area contributed by atoms with Gasteiger partial charge in [0.05, 0.1) is 5.92 Å². The fourth-order valence-electron chi connectivity index (χ4n) is 4.59. The number of hydrogen-bond acceptors (Lipinski definition) is 3. The van der Waals surface area contributed by atoms with Gasteiger partial charge in [0, 0.05) is 56.4 Å². The van der Waals surface area contributed by atoms with Crippen LogP contribution in [0.1, 0.15) is 35.2 Å². The Labute approximate surface area is 193 Å². The van der Waals surface area contributed by atoms with Crippen LogP contribution in [0.2, 0.25) is 5.02 Å². The van der Waals surface area contributed by atoms with Crippen LogP contribution in [-0.4, -0.2) is 65.8 Å². The van der Waals surface area contributed by atoms with Crippen LogP contribution in [0.25, 0.3) is 0 Å². The molecule has 1 unspecified atom stereocenters. The fraction of sp³-hybridized carbons (Fsp3) is 0.440. The molecule has 5 nitrogen and oxygen atoms in total. The quantitative estimate of drug-likeness (QED) is 0.695. The zero-order valence-electron chi connectivity index (χ0n) is 18.2. The van der Waals surface area contributed by atoms with Crippen LogP contribution in [-0.2, 0) is 11.3 Å². The van der Waals surface area contributed by atoms with Crippen LogP contribution >= 0.6 is 11.6 Å². The highest BCUT2D eigenvalue weighted by atomic mass is 35.5. The van der Waals surface area contributed by atoms with Gasteiger partial charge in [-0.25, -0.2) is 4.39 Å². The topological polar surface area (TPSA) is 43.9 Å². The Kier molecular flexibility index (Phi) is 7.43. The maximum Gasteiger partial charge on any atom is 0.253 e. The molecule has 2 amide bonds. The molecule has 32 heavy (non-hydrogen) atoms. The number of hydrogen-bond donors (Lipinski definition) is 0. The Morgan fingerprint density at radius 3 is 2.34 bits per heavy atom. The largest absolute Gasteiger partial charge is 0.341 e. The smallest absolute Gasteiger partial charge is 0.253 e. The van der Waals surface area contributed by atoms with Crippen molar-refractivity contribution in [3.63, 3.8) is 0 Å². The Morgan fingerprint density at radius 1 is 0.875 bits per heavy atom. The minimum atomic E-state index is -0.225. The molecule has 0 bridgehead atoms. The third kappa shape index (κ3) is 5.67. The summed E-state index contributed by atoms with van der Waals surface area (Å²) in [5.74, 6) is -0.260. The first-order valence-electron chi connectivity index (χ1n) is 11.3. The van der Waals surface area contributed by atoms with E-state index in [1.165, 1.54) is 12.1 Å². The maximum atomic E-state index is 13.3. The molecular weight excluding hydrogens is 429 g/mol. The Hall–Kier alpha value is -2.44. The number of nitrogens with zero attached hydrogens (tertiary/aromatic N) is 3. The van der Waals surface area contributed by atoms with E-state index in [2.05, 4.69) is 4.90 Å². The van der Waals surface area contributed by atoms with Crippen molar-refractivity contribution < 1.29 is 14.0 Å². The molecule has 2 heterocycles. The minimum absolute atomic E-state index is 0.0412. The first-order valence-corrected chi connectivity index (χ1v) is 11.7. The SMILES string of the molecule is O=C(c1ccc(Cl)cc1)N1CCCC(C(=O)N2CCCN(Cc3ccc(F)cc3)CC2)C1. The van der Waals surface area contributed by atoms with E-state index < -0.39 is 0 Å². The van der Waals surface area contributed by atoms with E-state index in [1.807, 2.05) is 17.0 Å². The van der Waals surface area contributed by atoms with E-state index in [-0.39, 0.29) is 23.5 Å². The number of halogens is 2. The molecule has 4 rings (SSSR count). The monoisotopic (exact) mass is 457 g/mol. The van der Waals surface area contributed by atoms with Crippen molar-refractivity contribution in [3.05, 3.63) is 70.5 Å². The summed E-state index contributed by atoms with van der Waals surface area (Å²) in [5, 5.41) is 0.600. The molecule has 0 N–H and O–H groups in total. The lowest BCUT2D eigenvalue weighted by Gasteiger charge is -2.35. The van der Waals surface area contributed by atoms with Crippen molar-refractivity contribution in [1.82, 2.24) is 14.7 Å². The summed E-state index contributed by atoms with van der Waals surface area (Å²) in [6.07, 6.45) is 2.56. The predicted molar refractivity (Wildman–Crippen MR) is 123 cm³/mol. The van der Waals surface area contributed by atoms with Gasteiger partial charge in [0.25, 0.3) is 5.91 Å². The predicted octanol–water partition coefficient (Wildman–Crippen LogP) is 4.07. The van der Waals surface area contributed by atoms with E-state index in [9.17, 15) is 14.0 Å². The van der Waals surface area contributed by atoms with Crippen molar-refractivity contribution in [2.24, 2.45) is 5.92 Å². The molecule has 2 aliphatic heterocycles. The number of piperidine rings is 1. The Morgan fingerprint density at radius 2 is 1.59 bits per heavy atom. The highest BCUT2D eigenvalue weighted by Gasteiger charge is 2.32. The molecule has 2 fully saturated rings. The van der Waals surface area contributed by atoms with Crippen LogP contribution in [0.5, 0.6) is 0 Å². The van der Waals surface area contributed by atoms with E-state index in [1.54, 1.807) is 29.2 Å². The zero-order valence-corrected chi connectivity index (χ0v) is 18.9. The van der Waals surface area contributed by atoms with Gasteiger partial charge in [-0.1, -0.05) is 23.7 Å². The van der Waals surface area contributed by atoms with Crippen LogP contribution in [0.3, 0.4) is 0 Å². The van der Waals surface area contributed by atoms with Gasteiger partial charge in [0.15, 0.2) is 0 Å². The lowest BCUT2D eigenvalue weighted by atomic mass is 9.95. The molecule has 0 aromatic heterocycles. The van der Waals surface area contributed by atoms with Gasteiger partial charge in [-0.3, -0.25) is 14.5 Å². The second kappa shape index (κ2) is 10.5. The highest BCUT2D eigenvalue weighted by Crippen LogP contribution is 2.22. The normalized spacial score (nSPS) is 20.1. The molecule has 2 aliphatic rings. The van der Waals surface area contributed by atoms with Gasteiger partial charge in [-0.05, 0) is 61.2 Å². The summed E-state index contributed by atoms with van der Waals surface area (Å²) < 4.78 is 13.1. The van der Waals surface area contributed by atoms with E-state index in [4.69, 9.17) is 11.6 Å². The molecule has 2 aromatic carbocycles. The third-order valence-electron chi connectivity index (χ3n) is 6.37. The molecule has 0 saturated carbocycles. The maximum absolute atomic E-state index is 13.3. The first-order chi connectivity index (χ1) is 15.5. The summed E-state index contributed by atoms with van der Waals surface area (Å²) in [5.41, 5.74) is 1.68. The van der Waals surface area contributed by atoms with Crippen molar-refractivity contribution in [2.75, 3.05) is 39.3 Å². The molecule has 0 aliphatic carbocycles. The summed E-state index contributed by atoms with van der Waals surface area (Å²) in [7, 11) is 0. The number of likely N-dealkylation sites (tertiary alicyclic amines) is 1. The average Bonchev–Trinajstić information content (AvgIpc) is 3.06. The Balaban J connectivity index is 1.32. The van der Waals surface area contributed by atoms with Crippen LogP contribution < -0.4 is 0 Å². The van der Waals surface area contributed by atoms with Crippen LogP contribution in [0.4, 0.5) is 4.39 Å². The molecular formula is C25H29ClFN3O2. The molecule has 2 saturated heterocycles. The minimum Gasteiger partial charge on any atom is -0.341 e. The van der Waals surface area contributed by atoms with E-state index in [0.717, 1.165) is 51.0 Å². The van der Waals surface area contributed by atoms with Gasteiger partial charge in [0.2, 0.25) is 5.91 Å². The van der Waals surface area contributed by atoms with E-state index >= 15 is 0 Å². The van der Waals surface area contributed by atoms with Gasteiger partial charge in [-0.2, -0.15) is 0 Å². The molecule has 0 spiro atoms. The van der Waals surface area contributed by atoms with E-state index in [0.29, 0.717) is 30.2 Å². The second-order valence-corrected chi connectivity index (χ2v) is 9.12. The van der Waals surface area contributed by atoms with Crippen LogP contribution in [0.15, 0.2) is 48.5 Å². The summed E-state index contributed by atoms with van der Waals surface area (Å²) in [6.45, 7) is 5.03. The van der Waals surface area contributed by atoms with Crippen molar-refractivity contribution in [2.45, 2.75) is 25.8 Å². The number of rotatable bonds is 4. The molecule has 170 valence electrons. The van der Waals surface area contributed by atoms with Crippen LogP contribution in [0, 0.1) is 11.7 Å². The number of benzene rings is 2. The fourth-order valence-corrected chi connectivity index (χ4v) is 4.72. The molecule has 1 atom stereocenters. The van der Waals surface area contributed by atoms with Crippen molar-refractivity contribution in [1.29, 1.82) is 0 Å². The highest BCUT2D eigenvalue weighted by molar-refractivity contribution is 6.30. The first kappa shape index (κ1) is 22.7. The second-order valence-electron chi connectivity index (χ2n) is 8.68. The van der Waals surface area contributed by atoms with Gasteiger partial charge in [-0.15, -0.1) is 0 Å². The van der Waals surface area contributed by atoms with Gasteiger partial charge < -0.3 is 9.80 Å². The molecule has 0 radical (unpaired) electrons. The van der Waals surface area contributed by atoms with Crippen molar-refractivity contribution >= 4 is 23.4 Å². The summed E-state index contributed by atoms with van der Waals surface area (Å²) >= 11 is 5.93. The lowest BCUT2D eigenvalue weighted by molar-refractivity contribution is -0.136. The summed E-state index contributed by atoms with van der Waals surface area (Å²) in [4.78, 5) is 32.2. The number of carbonyl (C=O) groups excluding carboxylic acids is 2. The lowest BCUT2D eigenvalue weighted by Crippen LogP contribution is -2.47. The van der Waals surface area contributed by atoms with Gasteiger partial charge in [0.1, 0.15) is 5.82 Å². The molecule has 2 aromatic rings. The molecule has 7 heteroatoms. The Bertz CT molecular complexity index is 935. The summed E-state index contributed by atoms with van der Waals surface area (Å²) in [6, 6.07) is 13.5. The van der Waals surface area contributed by atoms with Gasteiger partial charge >= 0.3 is 0 Å². The van der Waals surface area contributed by atoms with Crippen molar-refractivity contribution in [3.8, 4) is 0 Å². The number of carbonyl (C=O) groups is 2. The average molecular weight is 458 g/mol. The third-order valence-corrected chi connectivity index (χ3v) is 6.62. The standard InChI is InChI=1S/C25H29ClFN3O2/c26-22-8-6-20(7-9-22)24(31)30-13-1-3-21(18-30)25(32)29-14-2-12-28(15-16-29)17-19-4-10-23(27)11-5-19/h4-11,21H,1-3,12-18H2. The zero-order chi connectivity index (χ0) is 22.5. The number of amides is 2.